The Bertz CT molecular complexity index is 729. The Hall–Kier alpha value is -1.30. The molecular formula is C31H46. The lowest BCUT2D eigenvalue weighted by Gasteiger charge is -2.38. The minimum absolute atomic E-state index is 0.228. The first-order valence-electron chi connectivity index (χ1n) is 13.0. The predicted octanol–water partition coefficient (Wildman–Crippen LogP) is 8.94. The van der Waals surface area contributed by atoms with E-state index >= 15 is 0 Å². The summed E-state index contributed by atoms with van der Waals surface area (Å²) < 4.78 is 0. The summed E-state index contributed by atoms with van der Waals surface area (Å²) in [6, 6.07) is 0. The van der Waals surface area contributed by atoms with Crippen molar-refractivity contribution in [3.05, 3.63) is 60.3 Å². The maximum absolute atomic E-state index is 4.09. The van der Waals surface area contributed by atoms with E-state index in [9.17, 15) is 0 Å². The molecule has 0 bridgehead atoms. The van der Waals surface area contributed by atoms with Gasteiger partial charge in [0.2, 0.25) is 0 Å². The van der Waals surface area contributed by atoms with Crippen LogP contribution in [0.2, 0.25) is 0 Å². The molecule has 0 heteroatoms. The van der Waals surface area contributed by atoms with Crippen LogP contribution in [0.4, 0.5) is 0 Å². The first-order chi connectivity index (χ1) is 14.6. The van der Waals surface area contributed by atoms with Gasteiger partial charge in [0.25, 0.3) is 0 Å². The number of allylic oxidation sites excluding steroid dienone is 9. The molecule has 4 rings (SSSR count). The molecule has 0 heterocycles. The van der Waals surface area contributed by atoms with Crippen molar-refractivity contribution in [3.63, 3.8) is 0 Å². The van der Waals surface area contributed by atoms with Crippen LogP contribution in [0.3, 0.4) is 0 Å². The zero-order valence-electron chi connectivity index (χ0n) is 21.0. The van der Waals surface area contributed by atoms with Gasteiger partial charge in [0.05, 0.1) is 0 Å². The highest BCUT2D eigenvalue weighted by Gasteiger charge is 2.52. The van der Waals surface area contributed by atoms with Crippen molar-refractivity contribution in [1.29, 1.82) is 0 Å². The summed E-state index contributed by atoms with van der Waals surface area (Å²) in [7, 11) is 0. The average Bonchev–Trinajstić information content (AvgIpc) is 3.33. The fourth-order valence-electron chi connectivity index (χ4n) is 7.21. The first kappa shape index (κ1) is 22.9. The Morgan fingerprint density at radius 3 is 1.74 bits per heavy atom. The summed E-state index contributed by atoms with van der Waals surface area (Å²) in [6.45, 7) is 18.4. The lowest BCUT2D eigenvalue weighted by molar-refractivity contribution is 0.159. The lowest BCUT2D eigenvalue weighted by atomic mass is 9.66. The van der Waals surface area contributed by atoms with E-state index < -0.39 is 0 Å². The molecular weight excluding hydrogens is 372 g/mol. The van der Waals surface area contributed by atoms with Crippen LogP contribution in [0.1, 0.15) is 80.1 Å². The fraction of sp³-hybridized carbons (Fsp3) is 0.677. The van der Waals surface area contributed by atoms with Gasteiger partial charge in [0, 0.05) is 0 Å². The van der Waals surface area contributed by atoms with Gasteiger partial charge in [-0.25, -0.2) is 0 Å². The zero-order valence-corrected chi connectivity index (χ0v) is 21.0. The minimum Gasteiger partial charge on any atom is -0.103 e. The van der Waals surface area contributed by atoms with Crippen LogP contribution >= 0.6 is 0 Å². The third-order valence-corrected chi connectivity index (χ3v) is 8.90. The Morgan fingerprint density at radius 2 is 1.32 bits per heavy atom. The minimum atomic E-state index is 0.228. The largest absolute Gasteiger partial charge is 0.103 e. The van der Waals surface area contributed by atoms with Crippen molar-refractivity contribution in [1.82, 2.24) is 0 Å². The molecule has 0 aromatic carbocycles. The highest BCUT2D eigenvalue weighted by atomic mass is 14.6. The van der Waals surface area contributed by atoms with E-state index in [2.05, 4.69) is 90.7 Å². The molecule has 0 saturated heterocycles. The van der Waals surface area contributed by atoms with Crippen molar-refractivity contribution < 1.29 is 0 Å². The standard InChI is InChI=1S/C31H46/c1-8-9-14-24(21-12-10-11-13-21)29-27-19-22(30(2,3)4)15-17-25(27)26-18-16-23(20-28(26)29)31(5,6)7/h8,15-21,24-29H,1,9-14H2,2-7H3. The Kier molecular flexibility index (Phi) is 6.32. The molecule has 5 atom stereocenters. The van der Waals surface area contributed by atoms with Crippen LogP contribution in [0.5, 0.6) is 0 Å². The first-order valence-corrected chi connectivity index (χ1v) is 13.0. The summed E-state index contributed by atoms with van der Waals surface area (Å²) in [5.41, 5.74) is 3.56. The second-order valence-corrected chi connectivity index (χ2v) is 12.9. The van der Waals surface area contributed by atoms with Gasteiger partial charge in [-0.05, 0) is 76.2 Å². The van der Waals surface area contributed by atoms with Crippen LogP contribution in [-0.2, 0) is 0 Å². The summed E-state index contributed by atoms with van der Waals surface area (Å²) >= 11 is 0. The second kappa shape index (κ2) is 8.57. The summed E-state index contributed by atoms with van der Waals surface area (Å²) in [5.74, 6) is 5.22. The highest BCUT2D eigenvalue weighted by molar-refractivity contribution is 5.39. The number of rotatable bonds is 5. The maximum Gasteiger partial charge on any atom is -0.00953 e. The van der Waals surface area contributed by atoms with Gasteiger partial charge in [-0.3, -0.25) is 0 Å². The van der Waals surface area contributed by atoms with Crippen molar-refractivity contribution in [2.24, 2.45) is 52.3 Å². The Balaban J connectivity index is 1.78. The molecule has 0 spiro atoms. The summed E-state index contributed by atoms with van der Waals surface area (Å²) in [6.07, 6.45) is 26.0. The second-order valence-electron chi connectivity index (χ2n) is 12.9. The molecule has 4 aliphatic carbocycles. The van der Waals surface area contributed by atoms with E-state index in [0.717, 1.165) is 17.8 Å². The van der Waals surface area contributed by atoms with Crippen LogP contribution in [0.25, 0.3) is 0 Å². The van der Waals surface area contributed by atoms with Gasteiger partial charge in [-0.15, -0.1) is 6.58 Å². The molecule has 31 heavy (non-hydrogen) atoms. The molecule has 0 aromatic heterocycles. The summed E-state index contributed by atoms with van der Waals surface area (Å²) in [4.78, 5) is 0. The van der Waals surface area contributed by atoms with Crippen molar-refractivity contribution in [3.8, 4) is 0 Å². The highest BCUT2D eigenvalue weighted by Crippen LogP contribution is 2.59. The monoisotopic (exact) mass is 418 g/mol. The number of hydrogen-bond acceptors (Lipinski definition) is 0. The van der Waals surface area contributed by atoms with Crippen molar-refractivity contribution >= 4 is 0 Å². The van der Waals surface area contributed by atoms with Gasteiger partial charge >= 0.3 is 0 Å². The Labute approximate surface area is 192 Å². The molecule has 170 valence electrons. The van der Waals surface area contributed by atoms with E-state index in [1.165, 1.54) is 38.5 Å². The van der Waals surface area contributed by atoms with Crippen molar-refractivity contribution in [2.45, 2.75) is 80.1 Å². The van der Waals surface area contributed by atoms with Gasteiger partial charge < -0.3 is 0 Å². The van der Waals surface area contributed by atoms with Crippen molar-refractivity contribution in [2.75, 3.05) is 0 Å². The smallest absolute Gasteiger partial charge is 0.00953 e. The van der Waals surface area contributed by atoms with Gasteiger partial charge in [0.15, 0.2) is 0 Å². The molecule has 2 saturated carbocycles. The topological polar surface area (TPSA) is 0 Å². The maximum atomic E-state index is 4.09. The third kappa shape index (κ3) is 4.46. The fourth-order valence-corrected chi connectivity index (χ4v) is 7.21. The third-order valence-electron chi connectivity index (χ3n) is 8.90. The summed E-state index contributed by atoms with van der Waals surface area (Å²) in [5, 5.41) is 0. The molecule has 4 aliphatic rings. The normalized spacial score (nSPS) is 34.2. The zero-order chi connectivity index (χ0) is 22.4. The number of fused-ring (bicyclic) bond motifs is 3. The van der Waals surface area contributed by atoms with E-state index in [0.29, 0.717) is 23.7 Å². The van der Waals surface area contributed by atoms with E-state index in [-0.39, 0.29) is 10.8 Å². The van der Waals surface area contributed by atoms with Crippen LogP contribution in [0, 0.1) is 52.3 Å². The molecule has 0 aliphatic heterocycles. The molecule has 5 unspecified atom stereocenters. The number of hydrogen-bond donors (Lipinski definition) is 0. The molecule has 2 fully saturated rings. The van der Waals surface area contributed by atoms with E-state index in [1.54, 1.807) is 11.1 Å². The van der Waals surface area contributed by atoms with Gasteiger partial charge in [-0.1, -0.05) is 110 Å². The molecule has 0 radical (unpaired) electrons. The molecule has 0 N–H and O–H groups in total. The Morgan fingerprint density at radius 1 is 0.839 bits per heavy atom. The lowest BCUT2D eigenvalue weighted by Crippen LogP contribution is -2.31. The van der Waals surface area contributed by atoms with Crippen LogP contribution in [-0.4, -0.2) is 0 Å². The van der Waals surface area contributed by atoms with E-state index in [4.69, 9.17) is 0 Å². The van der Waals surface area contributed by atoms with Gasteiger partial charge in [0.1, 0.15) is 0 Å². The van der Waals surface area contributed by atoms with Crippen LogP contribution in [0.15, 0.2) is 60.3 Å². The van der Waals surface area contributed by atoms with E-state index in [1.807, 2.05) is 0 Å². The predicted molar refractivity (Wildman–Crippen MR) is 136 cm³/mol. The molecule has 0 amide bonds. The SMILES string of the molecule is C=CCCC(C1CCCC1)C1C2C=C(C(C)(C)C)C=CC2C2C=CC(C(C)(C)C)=CC21. The quantitative estimate of drug-likeness (QED) is 0.391. The van der Waals surface area contributed by atoms with Crippen LogP contribution < -0.4 is 0 Å². The molecule has 0 nitrogen and oxygen atoms in total. The average molecular weight is 419 g/mol. The molecule has 0 aromatic rings. The van der Waals surface area contributed by atoms with Gasteiger partial charge in [-0.2, -0.15) is 0 Å².